The van der Waals surface area contributed by atoms with Crippen LogP contribution in [0.1, 0.15) is 26.3 Å². The number of rotatable bonds is 4. The predicted octanol–water partition coefficient (Wildman–Crippen LogP) is 2.56. The van der Waals surface area contributed by atoms with E-state index in [2.05, 4.69) is 11.0 Å². The van der Waals surface area contributed by atoms with E-state index in [-0.39, 0.29) is 36.1 Å². The van der Waals surface area contributed by atoms with Crippen LogP contribution >= 0.6 is 24.8 Å². The number of amides is 1. The van der Waals surface area contributed by atoms with Crippen molar-refractivity contribution in [2.24, 2.45) is 11.1 Å². The van der Waals surface area contributed by atoms with Crippen molar-refractivity contribution < 1.29 is 9.53 Å². The molecule has 7 heteroatoms. The summed E-state index contributed by atoms with van der Waals surface area (Å²) in [5.41, 5.74) is 7.08. The van der Waals surface area contributed by atoms with Gasteiger partial charge in [-0.25, -0.2) is 0 Å². The first kappa shape index (κ1) is 24.0. The van der Waals surface area contributed by atoms with E-state index in [1.54, 1.807) is 7.11 Å². The number of nitrogens with two attached hydrogens (primary N) is 1. The Balaban J connectivity index is 0.00000288. The lowest BCUT2D eigenvalue weighted by Crippen LogP contribution is -2.56. The van der Waals surface area contributed by atoms with Gasteiger partial charge in [0.05, 0.1) is 13.2 Å². The zero-order valence-electron chi connectivity index (χ0n) is 15.5. The van der Waals surface area contributed by atoms with Gasteiger partial charge in [0, 0.05) is 38.3 Å². The number of methoxy groups -OCH3 is 1. The van der Waals surface area contributed by atoms with Crippen LogP contribution in [0.5, 0.6) is 5.75 Å². The molecule has 1 aromatic carbocycles. The molecule has 5 nitrogen and oxygen atoms in total. The molecule has 2 N–H and O–H groups in total. The average molecular weight is 392 g/mol. The fraction of sp³-hybridized carbons (Fsp3) is 0.611. The quantitative estimate of drug-likeness (QED) is 0.856. The molecule has 2 rings (SSSR count). The summed E-state index contributed by atoms with van der Waals surface area (Å²) in [6.45, 7) is 10.1. The molecule has 1 fully saturated rings. The Labute approximate surface area is 163 Å². The Hall–Kier alpha value is -1.01. The fourth-order valence-electron chi connectivity index (χ4n) is 2.77. The number of para-hydroxylation sites is 1. The number of piperazine rings is 1. The SMILES string of the molecule is COc1ccccc1CN1CCN(C(=O)[C@@H](N)C(C)(C)C)CC1.Cl.Cl. The number of hydrogen-bond acceptors (Lipinski definition) is 4. The predicted molar refractivity (Wildman–Crippen MR) is 107 cm³/mol. The van der Waals surface area contributed by atoms with E-state index >= 15 is 0 Å². The number of halogens is 2. The first-order chi connectivity index (χ1) is 10.8. The Bertz CT molecular complexity index is 541. The Kier molecular flexibility index (Phi) is 9.80. The monoisotopic (exact) mass is 391 g/mol. The highest BCUT2D eigenvalue weighted by Crippen LogP contribution is 2.22. The molecule has 0 aliphatic carbocycles. The third-order valence-electron chi connectivity index (χ3n) is 4.47. The molecule has 1 aliphatic heterocycles. The van der Waals surface area contributed by atoms with Gasteiger partial charge in [0.15, 0.2) is 0 Å². The number of ether oxygens (including phenoxy) is 1. The van der Waals surface area contributed by atoms with E-state index in [0.29, 0.717) is 0 Å². The summed E-state index contributed by atoms with van der Waals surface area (Å²) in [7, 11) is 1.70. The van der Waals surface area contributed by atoms with Gasteiger partial charge in [0.25, 0.3) is 0 Å². The molecule has 0 bridgehead atoms. The normalized spacial score (nSPS) is 16.4. The Morgan fingerprint density at radius 3 is 2.24 bits per heavy atom. The summed E-state index contributed by atoms with van der Waals surface area (Å²) in [6.07, 6.45) is 0. The maximum absolute atomic E-state index is 12.5. The summed E-state index contributed by atoms with van der Waals surface area (Å²) in [5.74, 6) is 0.982. The molecule has 0 unspecified atom stereocenters. The molecule has 0 aromatic heterocycles. The van der Waals surface area contributed by atoms with E-state index in [4.69, 9.17) is 10.5 Å². The van der Waals surface area contributed by atoms with Crippen LogP contribution in [0.3, 0.4) is 0 Å². The van der Waals surface area contributed by atoms with Crippen LogP contribution in [0.2, 0.25) is 0 Å². The van der Waals surface area contributed by atoms with Crippen molar-refractivity contribution in [3.05, 3.63) is 29.8 Å². The molecule has 1 heterocycles. The molecule has 1 amide bonds. The highest BCUT2D eigenvalue weighted by atomic mass is 35.5. The Morgan fingerprint density at radius 1 is 1.16 bits per heavy atom. The minimum atomic E-state index is -0.441. The molecule has 1 aromatic rings. The number of carbonyl (C=O) groups is 1. The molecule has 1 saturated heterocycles. The molecule has 0 saturated carbocycles. The molecule has 1 atom stereocenters. The first-order valence-electron chi connectivity index (χ1n) is 8.21. The first-order valence-corrected chi connectivity index (χ1v) is 8.21. The smallest absolute Gasteiger partial charge is 0.240 e. The molecule has 25 heavy (non-hydrogen) atoms. The highest BCUT2D eigenvalue weighted by Gasteiger charge is 2.32. The molecular formula is C18H31Cl2N3O2. The zero-order chi connectivity index (χ0) is 17.0. The van der Waals surface area contributed by atoms with E-state index in [0.717, 1.165) is 38.5 Å². The summed E-state index contributed by atoms with van der Waals surface area (Å²) in [6, 6.07) is 7.64. The van der Waals surface area contributed by atoms with Crippen LogP contribution in [-0.4, -0.2) is 55.0 Å². The summed E-state index contributed by atoms with van der Waals surface area (Å²) in [5, 5.41) is 0. The largest absolute Gasteiger partial charge is 0.496 e. The van der Waals surface area contributed by atoms with Crippen LogP contribution in [0.25, 0.3) is 0 Å². The summed E-state index contributed by atoms with van der Waals surface area (Å²) in [4.78, 5) is 16.7. The molecule has 1 aliphatic rings. The lowest BCUT2D eigenvalue weighted by Gasteiger charge is -2.38. The van der Waals surface area contributed by atoms with Gasteiger partial charge in [0.1, 0.15) is 5.75 Å². The number of benzene rings is 1. The number of nitrogens with zero attached hydrogens (tertiary/aromatic N) is 2. The lowest BCUT2D eigenvalue weighted by atomic mass is 9.86. The van der Waals surface area contributed by atoms with Crippen molar-refractivity contribution in [1.82, 2.24) is 9.80 Å². The van der Waals surface area contributed by atoms with Crippen molar-refractivity contribution in [3.63, 3.8) is 0 Å². The van der Waals surface area contributed by atoms with Crippen molar-refractivity contribution in [1.29, 1.82) is 0 Å². The lowest BCUT2D eigenvalue weighted by molar-refractivity contribution is -0.136. The van der Waals surface area contributed by atoms with Crippen LogP contribution in [-0.2, 0) is 11.3 Å². The zero-order valence-corrected chi connectivity index (χ0v) is 17.2. The second kappa shape index (κ2) is 10.2. The topological polar surface area (TPSA) is 58.8 Å². The third-order valence-corrected chi connectivity index (χ3v) is 4.47. The molecular weight excluding hydrogens is 361 g/mol. The minimum Gasteiger partial charge on any atom is -0.496 e. The van der Waals surface area contributed by atoms with Gasteiger partial charge in [-0.05, 0) is 11.5 Å². The van der Waals surface area contributed by atoms with Crippen molar-refractivity contribution in [2.75, 3.05) is 33.3 Å². The molecule has 144 valence electrons. The maximum Gasteiger partial charge on any atom is 0.240 e. The van der Waals surface area contributed by atoms with Crippen LogP contribution in [0, 0.1) is 5.41 Å². The van der Waals surface area contributed by atoms with Crippen molar-refractivity contribution in [2.45, 2.75) is 33.4 Å². The molecule has 0 radical (unpaired) electrons. The fourth-order valence-corrected chi connectivity index (χ4v) is 2.77. The third kappa shape index (κ3) is 6.33. The van der Waals surface area contributed by atoms with Crippen molar-refractivity contribution >= 4 is 30.7 Å². The second-order valence-corrected chi connectivity index (χ2v) is 7.26. The number of hydrogen-bond donors (Lipinski definition) is 1. The van der Waals surface area contributed by atoms with Crippen molar-refractivity contribution in [3.8, 4) is 5.75 Å². The van der Waals surface area contributed by atoms with Gasteiger partial charge in [-0.3, -0.25) is 9.69 Å². The van der Waals surface area contributed by atoms with Crippen LogP contribution < -0.4 is 10.5 Å². The highest BCUT2D eigenvalue weighted by molar-refractivity contribution is 5.85. The van der Waals surface area contributed by atoms with Gasteiger partial charge in [-0.2, -0.15) is 0 Å². The van der Waals surface area contributed by atoms with E-state index in [1.807, 2.05) is 43.9 Å². The minimum absolute atomic E-state index is 0. The van der Waals surface area contributed by atoms with Gasteiger partial charge < -0.3 is 15.4 Å². The second-order valence-electron chi connectivity index (χ2n) is 7.26. The summed E-state index contributed by atoms with van der Waals surface area (Å²) >= 11 is 0. The van der Waals surface area contributed by atoms with E-state index < -0.39 is 6.04 Å². The van der Waals surface area contributed by atoms with E-state index in [9.17, 15) is 4.79 Å². The maximum atomic E-state index is 12.5. The van der Waals surface area contributed by atoms with Gasteiger partial charge in [-0.1, -0.05) is 39.0 Å². The van der Waals surface area contributed by atoms with Crippen LogP contribution in [0.4, 0.5) is 0 Å². The Morgan fingerprint density at radius 2 is 1.72 bits per heavy atom. The van der Waals surface area contributed by atoms with Crippen LogP contribution in [0.15, 0.2) is 24.3 Å². The summed E-state index contributed by atoms with van der Waals surface area (Å²) < 4.78 is 5.41. The molecule has 0 spiro atoms. The van der Waals surface area contributed by atoms with Gasteiger partial charge in [0.2, 0.25) is 5.91 Å². The average Bonchev–Trinajstić information content (AvgIpc) is 2.54. The van der Waals surface area contributed by atoms with E-state index in [1.165, 1.54) is 5.56 Å². The van der Waals surface area contributed by atoms with Gasteiger partial charge in [-0.15, -0.1) is 24.8 Å². The van der Waals surface area contributed by atoms with Gasteiger partial charge >= 0.3 is 0 Å². The standard InChI is InChI=1S/C18H29N3O2.2ClH/c1-18(2,3)16(19)17(22)21-11-9-20(10-12-21)13-14-7-5-6-8-15(14)23-4;;/h5-8,16H,9-13,19H2,1-4H3;2*1H/t16-;;/m1../s1. The number of carbonyl (C=O) groups excluding carboxylic acids is 1.